The van der Waals surface area contributed by atoms with E-state index in [2.05, 4.69) is 6.08 Å². The molecule has 2 N–H and O–H groups in total. The molecule has 0 bridgehead atoms. The highest BCUT2D eigenvalue weighted by molar-refractivity contribution is 7.99. The molecule has 0 rings (SSSR count). The molecule has 4 heteroatoms. The highest BCUT2D eigenvalue weighted by atomic mass is 32.2. The summed E-state index contributed by atoms with van der Waals surface area (Å²) < 4.78 is 4.89. The highest BCUT2D eigenvalue weighted by Gasteiger charge is 2.21. The Kier molecular flexibility index (Phi) is 9.43. The summed E-state index contributed by atoms with van der Waals surface area (Å²) in [7, 11) is 0. The number of allylic oxidation sites excluding steroid dienone is 2. The van der Waals surface area contributed by atoms with Crippen molar-refractivity contribution in [2.45, 2.75) is 33.2 Å². The maximum Gasteiger partial charge on any atom is 0.323 e. The first kappa shape index (κ1) is 15.5. The van der Waals surface area contributed by atoms with Gasteiger partial charge in [-0.25, -0.2) is 0 Å². The molecule has 16 heavy (non-hydrogen) atoms. The molecule has 0 fully saturated rings. The first-order valence-corrected chi connectivity index (χ1v) is 6.90. The smallest absolute Gasteiger partial charge is 0.323 e. The maximum atomic E-state index is 11.4. The van der Waals surface area contributed by atoms with Gasteiger partial charge in [-0.2, -0.15) is 11.8 Å². The number of thioether (sulfide) groups is 1. The number of esters is 1. The number of nitrogens with two attached hydrogens (primary N) is 1. The molecule has 0 spiro atoms. The van der Waals surface area contributed by atoms with Crippen LogP contribution in [-0.2, 0) is 9.53 Å². The minimum Gasteiger partial charge on any atom is -0.465 e. The molecule has 0 aromatic heterocycles. The van der Waals surface area contributed by atoms with E-state index in [0.29, 0.717) is 6.61 Å². The minimum absolute atomic E-state index is 0.162. The molecule has 0 amide bonds. The molecular weight excluding hydrogens is 222 g/mol. The van der Waals surface area contributed by atoms with Gasteiger partial charge in [0, 0.05) is 0 Å². The van der Waals surface area contributed by atoms with E-state index >= 15 is 0 Å². The Morgan fingerprint density at radius 1 is 1.56 bits per heavy atom. The fourth-order valence-electron chi connectivity index (χ4n) is 1.16. The first-order chi connectivity index (χ1) is 7.63. The van der Waals surface area contributed by atoms with E-state index in [-0.39, 0.29) is 11.9 Å². The molecule has 94 valence electrons. The largest absolute Gasteiger partial charge is 0.465 e. The minimum atomic E-state index is -0.492. The first-order valence-electron chi connectivity index (χ1n) is 5.74. The van der Waals surface area contributed by atoms with Gasteiger partial charge in [-0.15, -0.1) is 0 Å². The van der Waals surface area contributed by atoms with E-state index < -0.39 is 6.04 Å². The van der Waals surface area contributed by atoms with Gasteiger partial charge in [0.1, 0.15) is 6.04 Å². The van der Waals surface area contributed by atoms with Crippen LogP contribution < -0.4 is 5.73 Å². The van der Waals surface area contributed by atoms with Gasteiger partial charge in [0.2, 0.25) is 0 Å². The number of hydrogen-bond acceptors (Lipinski definition) is 4. The SMILES string of the molecule is C/C=C/CCSC[C@@H](C)C(N)C(=O)OCC. The predicted molar refractivity (Wildman–Crippen MR) is 70.5 cm³/mol. The van der Waals surface area contributed by atoms with Gasteiger partial charge in [0.05, 0.1) is 6.61 Å². The Morgan fingerprint density at radius 2 is 2.25 bits per heavy atom. The van der Waals surface area contributed by atoms with Crippen LogP contribution >= 0.6 is 11.8 Å². The van der Waals surface area contributed by atoms with Crippen molar-refractivity contribution in [2.75, 3.05) is 18.1 Å². The van der Waals surface area contributed by atoms with Crippen molar-refractivity contribution in [1.82, 2.24) is 0 Å². The Labute approximate surface area is 103 Å². The molecule has 0 saturated heterocycles. The second-order valence-corrected chi connectivity index (χ2v) is 4.84. The number of rotatable bonds is 8. The third-order valence-electron chi connectivity index (χ3n) is 2.22. The van der Waals surface area contributed by atoms with Crippen molar-refractivity contribution in [1.29, 1.82) is 0 Å². The van der Waals surface area contributed by atoms with Crippen LogP contribution in [0.15, 0.2) is 12.2 Å². The monoisotopic (exact) mass is 245 g/mol. The Bertz CT molecular complexity index is 219. The molecule has 0 aromatic carbocycles. The third-order valence-corrected chi connectivity index (χ3v) is 3.50. The molecule has 0 aromatic rings. The molecule has 0 aliphatic heterocycles. The average Bonchev–Trinajstić information content (AvgIpc) is 2.27. The molecule has 0 radical (unpaired) electrons. The standard InChI is InChI=1S/C12H23NO2S/c1-4-6-7-8-16-9-10(3)11(13)12(14)15-5-2/h4,6,10-11H,5,7-9,13H2,1-3H3/b6-4+/t10-,11?/m1/s1. The van der Waals surface area contributed by atoms with Crippen LogP contribution in [0.3, 0.4) is 0 Å². The second-order valence-electron chi connectivity index (χ2n) is 3.69. The van der Waals surface area contributed by atoms with Crippen molar-refractivity contribution in [3.8, 4) is 0 Å². The zero-order valence-corrected chi connectivity index (χ0v) is 11.3. The molecule has 0 aliphatic rings. The van der Waals surface area contributed by atoms with E-state index in [1.165, 1.54) is 0 Å². The summed E-state index contributed by atoms with van der Waals surface area (Å²) >= 11 is 1.83. The zero-order chi connectivity index (χ0) is 12.4. The number of carbonyl (C=O) groups is 1. The summed E-state index contributed by atoms with van der Waals surface area (Å²) in [6.45, 7) is 6.20. The van der Waals surface area contributed by atoms with E-state index in [4.69, 9.17) is 10.5 Å². The third kappa shape index (κ3) is 6.90. The summed E-state index contributed by atoms with van der Waals surface area (Å²) in [4.78, 5) is 11.4. The number of hydrogen-bond donors (Lipinski definition) is 1. The van der Waals surface area contributed by atoms with Crippen molar-refractivity contribution < 1.29 is 9.53 Å². The maximum absolute atomic E-state index is 11.4. The normalized spacial score (nSPS) is 15.0. The van der Waals surface area contributed by atoms with Gasteiger partial charge in [0.25, 0.3) is 0 Å². The van der Waals surface area contributed by atoms with Crippen LogP contribution in [0.2, 0.25) is 0 Å². The van der Waals surface area contributed by atoms with Gasteiger partial charge < -0.3 is 10.5 Å². The number of ether oxygens (including phenoxy) is 1. The van der Waals surface area contributed by atoms with Crippen LogP contribution in [0.1, 0.15) is 27.2 Å². The molecule has 0 heterocycles. The fraction of sp³-hybridized carbons (Fsp3) is 0.750. The van der Waals surface area contributed by atoms with E-state index in [0.717, 1.165) is 17.9 Å². The second kappa shape index (κ2) is 9.73. The fourth-order valence-corrected chi connectivity index (χ4v) is 2.21. The van der Waals surface area contributed by atoms with E-state index in [9.17, 15) is 4.79 Å². The van der Waals surface area contributed by atoms with Crippen LogP contribution in [0, 0.1) is 5.92 Å². The quantitative estimate of drug-likeness (QED) is 0.405. The van der Waals surface area contributed by atoms with Gasteiger partial charge in [-0.1, -0.05) is 19.1 Å². The van der Waals surface area contributed by atoms with Crippen molar-refractivity contribution in [3.05, 3.63) is 12.2 Å². The van der Waals surface area contributed by atoms with Gasteiger partial charge >= 0.3 is 5.97 Å². The van der Waals surface area contributed by atoms with Crippen LogP contribution in [-0.4, -0.2) is 30.1 Å². The molecular formula is C12H23NO2S. The molecule has 2 atom stereocenters. The van der Waals surface area contributed by atoms with Crippen LogP contribution in [0.5, 0.6) is 0 Å². The summed E-state index contributed by atoms with van der Waals surface area (Å²) in [5, 5.41) is 0. The van der Waals surface area contributed by atoms with E-state index in [1.807, 2.05) is 31.7 Å². The van der Waals surface area contributed by atoms with Gasteiger partial charge in [-0.3, -0.25) is 4.79 Å². The summed E-state index contributed by atoms with van der Waals surface area (Å²) in [5.74, 6) is 1.85. The summed E-state index contributed by atoms with van der Waals surface area (Å²) in [5.41, 5.74) is 5.79. The number of carbonyl (C=O) groups excluding carboxylic acids is 1. The van der Waals surface area contributed by atoms with Crippen molar-refractivity contribution >= 4 is 17.7 Å². The molecule has 1 unspecified atom stereocenters. The molecule has 0 saturated carbocycles. The highest BCUT2D eigenvalue weighted by Crippen LogP contribution is 2.13. The predicted octanol–water partition coefficient (Wildman–Crippen LogP) is 2.21. The van der Waals surface area contributed by atoms with Gasteiger partial charge in [-0.05, 0) is 37.7 Å². The lowest BCUT2D eigenvalue weighted by atomic mass is 10.1. The van der Waals surface area contributed by atoms with Crippen molar-refractivity contribution in [2.24, 2.45) is 11.7 Å². The Hall–Kier alpha value is -0.480. The zero-order valence-electron chi connectivity index (χ0n) is 10.4. The van der Waals surface area contributed by atoms with Crippen LogP contribution in [0.4, 0.5) is 0 Å². The summed E-state index contributed by atoms with van der Waals surface area (Å²) in [6, 6.07) is -0.492. The lowest BCUT2D eigenvalue weighted by Gasteiger charge is -2.17. The molecule has 0 aliphatic carbocycles. The molecule has 3 nitrogen and oxygen atoms in total. The Balaban J connectivity index is 3.70. The summed E-state index contributed by atoms with van der Waals surface area (Å²) in [6.07, 6.45) is 5.26. The van der Waals surface area contributed by atoms with Crippen LogP contribution in [0.25, 0.3) is 0 Å². The van der Waals surface area contributed by atoms with Gasteiger partial charge in [0.15, 0.2) is 0 Å². The average molecular weight is 245 g/mol. The van der Waals surface area contributed by atoms with Crippen molar-refractivity contribution in [3.63, 3.8) is 0 Å². The Morgan fingerprint density at radius 3 is 2.81 bits per heavy atom. The van der Waals surface area contributed by atoms with E-state index in [1.54, 1.807) is 6.92 Å². The topological polar surface area (TPSA) is 52.3 Å². The lowest BCUT2D eigenvalue weighted by molar-refractivity contribution is -0.145. The lowest BCUT2D eigenvalue weighted by Crippen LogP contribution is -2.39.